The van der Waals surface area contributed by atoms with Gasteiger partial charge in [-0.15, -0.1) is 0 Å². The molecule has 0 aliphatic rings. The summed E-state index contributed by atoms with van der Waals surface area (Å²) in [6.45, 7) is 0.666. The van der Waals surface area contributed by atoms with E-state index in [2.05, 4.69) is 19.9 Å². The van der Waals surface area contributed by atoms with E-state index in [-0.39, 0.29) is 5.75 Å². The van der Waals surface area contributed by atoms with Gasteiger partial charge in [-0.3, -0.25) is 24.5 Å². The van der Waals surface area contributed by atoms with Crippen molar-refractivity contribution in [3.05, 3.63) is 84.4 Å². The first kappa shape index (κ1) is 20.5. The Kier molecular flexibility index (Phi) is 6.33. The molecule has 0 aliphatic heterocycles. The molecule has 0 fully saturated rings. The van der Waals surface area contributed by atoms with Crippen LogP contribution in [0.1, 0.15) is 11.3 Å². The monoisotopic (exact) mass is 424 g/mol. The maximum Gasteiger partial charge on any atom is 0.298 e. The summed E-state index contributed by atoms with van der Waals surface area (Å²) in [4.78, 5) is 39.1. The zero-order valence-electron chi connectivity index (χ0n) is 16.7. The van der Waals surface area contributed by atoms with Crippen molar-refractivity contribution in [2.45, 2.75) is 0 Å². The van der Waals surface area contributed by atoms with Crippen molar-refractivity contribution in [2.75, 3.05) is 0 Å². The largest absolute Gasteiger partial charge is 0.429 e. The van der Waals surface area contributed by atoms with E-state index in [1.807, 2.05) is 42.5 Å². The lowest BCUT2D eigenvalue weighted by atomic mass is 10.1. The molecule has 0 bridgehead atoms. The Morgan fingerprint density at radius 2 is 1.31 bits per heavy atom. The molecule has 32 heavy (non-hydrogen) atoms. The topological polar surface area (TPSA) is 104 Å². The first-order valence-electron chi connectivity index (χ1n) is 9.50. The standard InChI is InChI=1S/C24H16N4O4/c29-15-31-19-7-10-27-22(12-19)24-14-20(32-16-30)13-23(28-24)21-11-17(6-9-26-21)4-5-18-3-1-2-8-25-18/h1-16H/b5-4+. The summed E-state index contributed by atoms with van der Waals surface area (Å²) in [5.74, 6) is 0.592. The van der Waals surface area contributed by atoms with Gasteiger partial charge in [0.25, 0.3) is 12.9 Å². The van der Waals surface area contributed by atoms with Gasteiger partial charge in [-0.1, -0.05) is 12.1 Å². The molecule has 0 unspecified atom stereocenters. The number of carbonyl (C=O) groups is 2. The van der Waals surface area contributed by atoms with Crippen LogP contribution < -0.4 is 9.47 Å². The van der Waals surface area contributed by atoms with Crippen LogP contribution in [-0.4, -0.2) is 32.9 Å². The minimum absolute atomic E-state index is 0.278. The number of hydrogen-bond donors (Lipinski definition) is 0. The zero-order valence-corrected chi connectivity index (χ0v) is 16.7. The highest BCUT2D eigenvalue weighted by molar-refractivity contribution is 5.72. The molecular formula is C24H16N4O4. The van der Waals surface area contributed by atoms with Crippen molar-refractivity contribution in [1.82, 2.24) is 19.9 Å². The summed E-state index contributed by atoms with van der Waals surface area (Å²) in [5.41, 5.74) is 3.64. The quantitative estimate of drug-likeness (QED) is 0.393. The molecule has 8 nitrogen and oxygen atoms in total. The normalized spacial score (nSPS) is 10.6. The number of ether oxygens (including phenoxy) is 2. The Morgan fingerprint density at radius 1 is 0.625 bits per heavy atom. The number of carbonyl (C=O) groups excluding carboxylic acids is 2. The summed E-state index contributed by atoms with van der Waals surface area (Å²) in [5, 5.41) is 0. The molecule has 0 saturated carbocycles. The highest BCUT2D eigenvalue weighted by atomic mass is 16.5. The fourth-order valence-electron chi connectivity index (χ4n) is 2.92. The molecule has 156 valence electrons. The highest BCUT2D eigenvalue weighted by Crippen LogP contribution is 2.28. The fourth-order valence-corrected chi connectivity index (χ4v) is 2.92. The molecule has 8 heteroatoms. The van der Waals surface area contributed by atoms with Crippen molar-refractivity contribution in [3.63, 3.8) is 0 Å². The highest BCUT2D eigenvalue weighted by Gasteiger charge is 2.11. The van der Waals surface area contributed by atoms with Crippen LogP contribution in [0.5, 0.6) is 11.5 Å². The van der Waals surface area contributed by atoms with Crippen molar-refractivity contribution in [2.24, 2.45) is 0 Å². The average molecular weight is 424 g/mol. The SMILES string of the molecule is O=COc1ccnc(-c2cc(OC=O)cc(-c3cc(/C=C/c4ccccn4)ccn3)n2)c1. The Labute approximate surface area is 183 Å². The molecule has 0 atom stereocenters. The van der Waals surface area contributed by atoms with Crippen LogP contribution in [0.25, 0.3) is 34.9 Å². The molecular weight excluding hydrogens is 408 g/mol. The Morgan fingerprint density at radius 3 is 2.03 bits per heavy atom. The second-order valence-electron chi connectivity index (χ2n) is 6.44. The van der Waals surface area contributed by atoms with Crippen molar-refractivity contribution in [1.29, 1.82) is 0 Å². The molecule has 4 heterocycles. The number of aromatic nitrogens is 4. The van der Waals surface area contributed by atoms with E-state index in [9.17, 15) is 9.59 Å². The van der Waals surface area contributed by atoms with Crippen molar-refractivity contribution in [3.8, 4) is 34.3 Å². The second kappa shape index (κ2) is 9.86. The molecule has 0 aliphatic carbocycles. The summed E-state index contributed by atoms with van der Waals surface area (Å²) >= 11 is 0. The van der Waals surface area contributed by atoms with Gasteiger partial charge in [0.2, 0.25) is 0 Å². The lowest BCUT2D eigenvalue weighted by Crippen LogP contribution is -1.97. The first-order chi connectivity index (χ1) is 15.7. The van der Waals surface area contributed by atoms with Crippen LogP contribution in [0.15, 0.2) is 73.2 Å². The number of nitrogens with zero attached hydrogens (tertiary/aromatic N) is 4. The summed E-state index contributed by atoms with van der Waals surface area (Å²) in [7, 11) is 0. The van der Waals surface area contributed by atoms with Crippen LogP contribution in [-0.2, 0) is 9.59 Å². The molecule has 0 amide bonds. The Balaban J connectivity index is 1.72. The minimum Gasteiger partial charge on any atom is -0.429 e. The molecule has 4 aromatic rings. The van der Waals surface area contributed by atoms with Gasteiger partial charge in [0.05, 0.1) is 28.5 Å². The summed E-state index contributed by atoms with van der Waals surface area (Å²) in [6, 6.07) is 15.7. The predicted octanol–water partition coefficient (Wildman–Crippen LogP) is 3.84. The maximum atomic E-state index is 10.9. The average Bonchev–Trinajstić information content (AvgIpc) is 2.84. The van der Waals surface area contributed by atoms with Gasteiger partial charge < -0.3 is 9.47 Å². The molecule has 0 saturated heterocycles. The van der Waals surface area contributed by atoms with Crippen LogP contribution in [0, 0.1) is 0 Å². The second-order valence-corrected chi connectivity index (χ2v) is 6.44. The zero-order chi connectivity index (χ0) is 22.2. The first-order valence-corrected chi connectivity index (χ1v) is 9.50. The Bertz CT molecular complexity index is 1280. The van der Waals surface area contributed by atoms with Gasteiger partial charge in [-0.25, -0.2) is 4.98 Å². The van der Waals surface area contributed by atoms with Crippen molar-refractivity contribution >= 4 is 25.1 Å². The smallest absolute Gasteiger partial charge is 0.298 e. The third kappa shape index (κ3) is 5.06. The Hall–Kier alpha value is -4.72. The van der Waals surface area contributed by atoms with Crippen LogP contribution >= 0.6 is 0 Å². The molecule has 0 aromatic carbocycles. The van der Waals surface area contributed by atoms with Gasteiger partial charge in [-0.05, 0) is 42.0 Å². The molecule has 4 aromatic heterocycles. The lowest BCUT2D eigenvalue weighted by molar-refractivity contribution is -0.121. The molecule has 4 rings (SSSR count). The van der Waals surface area contributed by atoms with Crippen LogP contribution in [0.4, 0.5) is 0 Å². The van der Waals surface area contributed by atoms with Crippen LogP contribution in [0.2, 0.25) is 0 Å². The maximum absolute atomic E-state index is 10.9. The van der Waals surface area contributed by atoms with E-state index in [0.717, 1.165) is 11.3 Å². The van der Waals surface area contributed by atoms with E-state index >= 15 is 0 Å². The minimum atomic E-state index is 0.278. The predicted molar refractivity (Wildman–Crippen MR) is 117 cm³/mol. The third-order valence-electron chi connectivity index (χ3n) is 4.34. The number of hydrogen-bond acceptors (Lipinski definition) is 8. The molecule has 0 radical (unpaired) electrons. The van der Waals surface area contributed by atoms with E-state index in [1.54, 1.807) is 36.7 Å². The van der Waals surface area contributed by atoms with E-state index in [1.165, 1.54) is 6.20 Å². The van der Waals surface area contributed by atoms with Crippen LogP contribution in [0.3, 0.4) is 0 Å². The summed E-state index contributed by atoms with van der Waals surface area (Å²) in [6.07, 6.45) is 8.70. The van der Waals surface area contributed by atoms with Gasteiger partial charge in [-0.2, -0.15) is 0 Å². The fraction of sp³-hybridized carbons (Fsp3) is 0. The van der Waals surface area contributed by atoms with E-state index in [4.69, 9.17) is 9.47 Å². The number of pyridine rings is 4. The van der Waals surface area contributed by atoms with Gasteiger partial charge in [0, 0.05) is 36.8 Å². The third-order valence-corrected chi connectivity index (χ3v) is 4.34. The molecule has 0 spiro atoms. The van der Waals surface area contributed by atoms with E-state index < -0.39 is 0 Å². The van der Waals surface area contributed by atoms with E-state index in [0.29, 0.717) is 41.5 Å². The summed E-state index contributed by atoms with van der Waals surface area (Å²) < 4.78 is 9.94. The number of rotatable bonds is 8. The van der Waals surface area contributed by atoms with Gasteiger partial charge in [0.1, 0.15) is 11.5 Å². The van der Waals surface area contributed by atoms with Crippen molar-refractivity contribution < 1.29 is 19.1 Å². The molecule has 0 N–H and O–H groups in total. The lowest BCUT2D eigenvalue weighted by Gasteiger charge is -2.08. The van der Waals surface area contributed by atoms with Gasteiger partial charge in [0.15, 0.2) is 0 Å². The van der Waals surface area contributed by atoms with Gasteiger partial charge >= 0.3 is 0 Å².